The SMILES string of the molecule is C=C/C(C)=C\C(=O)CC(C)C. The summed E-state index contributed by atoms with van der Waals surface area (Å²) in [5, 5.41) is 0. The molecule has 0 fully saturated rings. The van der Waals surface area contributed by atoms with Gasteiger partial charge in [0.05, 0.1) is 0 Å². The van der Waals surface area contributed by atoms with E-state index in [-0.39, 0.29) is 5.78 Å². The third kappa shape index (κ3) is 5.59. The first-order chi connectivity index (χ1) is 5.06. The Hall–Kier alpha value is -0.850. The lowest BCUT2D eigenvalue weighted by atomic mass is 10.1. The van der Waals surface area contributed by atoms with Crippen LogP contribution in [0.1, 0.15) is 27.2 Å². The van der Waals surface area contributed by atoms with E-state index in [9.17, 15) is 4.79 Å². The van der Waals surface area contributed by atoms with Crippen LogP contribution in [-0.4, -0.2) is 5.78 Å². The van der Waals surface area contributed by atoms with Gasteiger partial charge in [0.15, 0.2) is 5.78 Å². The van der Waals surface area contributed by atoms with Crippen molar-refractivity contribution in [2.75, 3.05) is 0 Å². The minimum atomic E-state index is 0.192. The number of ketones is 1. The molecule has 0 aromatic heterocycles. The van der Waals surface area contributed by atoms with Crippen LogP contribution in [0.5, 0.6) is 0 Å². The molecule has 0 aromatic rings. The number of hydrogen-bond acceptors (Lipinski definition) is 1. The van der Waals surface area contributed by atoms with Crippen LogP contribution >= 0.6 is 0 Å². The van der Waals surface area contributed by atoms with E-state index in [0.29, 0.717) is 12.3 Å². The van der Waals surface area contributed by atoms with Gasteiger partial charge in [0.1, 0.15) is 0 Å². The molecule has 0 saturated carbocycles. The predicted molar refractivity (Wildman–Crippen MR) is 48.4 cm³/mol. The van der Waals surface area contributed by atoms with Crippen LogP contribution in [-0.2, 0) is 4.79 Å². The van der Waals surface area contributed by atoms with E-state index in [0.717, 1.165) is 5.57 Å². The predicted octanol–water partition coefficient (Wildman–Crippen LogP) is 2.73. The first-order valence-electron chi connectivity index (χ1n) is 3.89. The molecular weight excluding hydrogens is 136 g/mol. The maximum absolute atomic E-state index is 11.1. The second kappa shape index (κ2) is 4.89. The number of carbonyl (C=O) groups excluding carboxylic acids is 1. The van der Waals surface area contributed by atoms with Crippen molar-refractivity contribution < 1.29 is 4.79 Å². The number of rotatable bonds is 4. The summed E-state index contributed by atoms with van der Waals surface area (Å²) in [6, 6.07) is 0. The molecule has 11 heavy (non-hydrogen) atoms. The lowest BCUT2D eigenvalue weighted by Crippen LogP contribution is -1.99. The maximum Gasteiger partial charge on any atom is 0.156 e. The lowest BCUT2D eigenvalue weighted by molar-refractivity contribution is -0.115. The summed E-state index contributed by atoms with van der Waals surface area (Å²) < 4.78 is 0. The fourth-order valence-electron chi connectivity index (χ4n) is 0.774. The van der Waals surface area contributed by atoms with Crippen LogP contribution < -0.4 is 0 Å². The van der Waals surface area contributed by atoms with Crippen molar-refractivity contribution >= 4 is 5.78 Å². The molecule has 0 heterocycles. The minimum absolute atomic E-state index is 0.192. The highest BCUT2D eigenvalue weighted by Gasteiger charge is 2.00. The van der Waals surface area contributed by atoms with E-state index in [2.05, 4.69) is 6.58 Å². The van der Waals surface area contributed by atoms with Crippen molar-refractivity contribution in [2.45, 2.75) is 27.2 Å². The fourth-order valence-corrected chi connectivity index (χ4v) is 0.774. The molecule has 0 aliphatic carbocycles. The van der Waals surface area contributed by atoms with Gasteiger partial charge < -0.3 is 0 Å². The Balaban J connectivity index is 3.96. The van der Waals surface area contributed by atoms with Gasteiger partial charge >= 0.3 is 0 Å². The molecule has 1 nitrogen and oxygen atoms in total. The molecule has 0 N–H and O–H groups in total. The van der Waals surface area contributed by atoms with E-state index < -0.39 is 0 Å². The molecule has 62 valence electrons. The summed E-state index contributed by atoms with van der Waals surface area (Å²) in [5.74, 6) is 0.633. The molecule has 0 saturated heterocycles. The van der Waals surface area contributed by atoms with Crippen LogP contribution in [0.2, 0.25) is 0 Å². The molecule has 0 spiro atoms. The second-order valence-electron chi connectivity index (χ2n) is 3.16. The Morgan fingerprint density at radius 3 is 2.45 bits per heavy atom. The smallest absolute Gasteiger partial charge is 0.156 e. The second-order valence-corrected chi connectivity index (χ2v) is 3.16. The third-order valence-electron chi connectivity index (χ3n) is 1.32. The zero-order valence-electron chi connectivity index (χ0n) is 7.55. The van der Waals surface area contributed by atoms with Gasteiger partial charge in [0, 0.05) is 6.42 Å². The molecule has 0 rings (SSSR count). The molecule has 0 atom stereocenters. The van der Waals surface area contributed by atoms with Crippen LogP contribution in [0.3, 0.4) is 0 Å². The molecule has 0 aliphatic rings. The summed E-state index contributed by atoms with van der Waals surface area (Å²) in [6.45, 7) is 9.53. The molecule has 0 aliphatic heterocycles. The largest absolute Gasteiger partial charge is 0.295 e. The summed E-state index contributed by atoms with van der Waals surface area (Å²) in [6.07, 6.45) is 3.97. The Labute approximate surface area is 68.8 Å². The van der Waals surface area contributed by atoms with E-state index in [1.54, 1.807) is 12.2 Å². The summed E-state index contributed by atoms with van der Waals surface area (Å²) in [5.41, 5.74) is 0.940. The molecular formula is C10H16O. The molecule has 1 heteroatoms. The van der Waals surface area contributed by atoms with Crippen molar-refractivity contribution in [3.63, 3.8) is 0 Å². The van der Waals surface area contributed by atoms with Crippen molar-refractivity contribution in [1.82, 2.24) is 0 Å². The molecule has 0 aromatic carbocycles. The first-order valence-corrected chi connectivity index (χ1v) is 3.89. The zero-order valence-corrected chi connectivity index (χ0v) is 7.55. The summed E-state index contributed by atoms with van der Waals surface area (Å²) in [7, 11) is 0. The maximum atomic E-state index is 11.1. The van der Waals surface area contributed by atoms with Crippen molar-refractivity contribution in [2.24, 2.45) is 5.92 Å². The number of allylic oxidation sites excluding steroid dienone is 3. The first kappa shape index (κ1) is 10.2. The van der Waals surface area contributed by atoms with Gasteiger partial charge in [-0.1, -0.05) is 26.5 Å². The minimum Gasteiger partial charge on any atom is -0.295 e. The summed E-state index contributed by atoms with van der Waals surface area (Å²) >= 11 is 0. The van der Waals surface area contributed by atoms with E-state index in [1.165, 1.54) is 0 Å². The molecule has 0 bridgehead atoms. The van der Waals surface area contributed by atoms with Crippen LogP contribution in [0.4, 0.5) is 0 Å². The standard InChI is InChI=1S/C10H16O/c1-5-9(4)7-10(11)6-8(2)3/h5,7-8H,1,6H2,2-4H3/b9-7-. The molecule has 0 radical (unpaired) electrons. The zero-order chi connectivity index (χ0) is 8.85. The highest BCUT2D eigenvalue weighted by atomic mass is 16.1. The van der Waals surface area contributed by atoms with E-state index in [4.69, 9.17) is 0 Å². The number of carbonyl (C=O) groups is 1. The third-order valence-corrected chi connectivity index (χ3v) is 1.32. The topological polar surface area (TPSA) is 17.1 Å². The van der Waals surface area contributed by atoms with Crippen LogP contribution in [0.25, 0.3) is 0 Å². The molecule has 0 amide bonds. The Morgan fingerprint density at radius 1 is 1.55 bits per heavy atom. The quantitative estimate of drug-likeness (QED) is 0.447. The van der Waals surface area contributed by atoms with Crippen LogP contribution in [0, 0.1) is 5.92 Å². The van der Waals surface area contributed by atoms with Crippen molar-refractivity contribution in [3.8, 4) is 0 Å². The fraction of sp³-hybridized carbons (Fsp3) is 0.500. The normalized spacial score (nSPS) is 11.8. The average molecular weight is 152 g/mol. The average Bonchev–Trinajstić information content (AvgIpc) is 1.85. The van der Waals surface area contributed by atoms with Gasteiger partial charge in [-0.25, -0.2) is 0 Å². The highest BCUT2D eigenvalue weighted by molar-refractivity contribution is 5.90. The van der Waals surface area contributed by atoms with E-state index in [1.807, 2.05) is 20.8 Å². The van der Waals surface area contributed by atoms with Gasteiger partial charge in [-0.2, -0.15) is 0 Å². The van der Waals surface area contributed by atoms with Crippen LogP contribution in [0.15, 0.2) is 24.3 Å². The van der Waals surface area contributed by atoms with E-state index >= 15 is 0 Å². The molecule has 0 unspecified atom stereocenters. The summed E-state index contributed by atoms with van der Waals surface area (Å²) in [4.78, 5) is 11.1. The van der Waals surface area contributed by atoms with Crippen molar-refractivity contribution in [1.29, 1.82) is 0 Å². The van der Waals surface area contributed by atoms with Gasteiger partial charge in [0.25, 0.3) is 0 Å². The lowest BCUT2D eigenvalue weighted by Gasteiger charge is -1.99. The Morgan fingerprint density at radius 2 is 2.09 bits per heavy atom. The van der Waals surface area contributed by atoms with Crippen molar-refractivity contribution in [3.05, 3.63) is 24.3 Å². The highest BCUT2D eigenvalue weighted by Crippen LogP contribution is 2.03. The Kier molecular flexibility index (Phi) is 4.51. The Bertz CT molecular complexity index is 175. The van der Waals surface area contributed by atoms with Gasteiger partial charge in [0.2, 0.25) is 0 Å². The van der Waals surface area contributed by atoms with Gasteiger partial charge in [-0.15, -0.1) is 0 Å². The van der Waals surface area contributed by atoms with Gasteiger partial charge in [-0.3, -0.25) is 4.79 Å². The van der Waals surface area contributed by atoms with Gasteiger partial charge in [-0.05, 0) is 24.5 Å². The number of hydrogen-bond donors (Lipinski definition) is 0. The monoisotopic (exact) mass is 152 g/mol.